The number of nitrogens with one attached hydrogen (secondary N) is 1. The number of methoxy groups -OCH3 is 2. The van der Waals surface area contributed by atoms with Crippen molar-refractivity contribution >= 4 is 28.5 Å². The van der Waals surface area contributed by atoms with Gasteiger partial charge in [-0.2, -0.15) is 4.98 Å². The minimum atomic E-state index is 0.149. The molecule has 0 radical (unpaired) electrons. The lowest BCUT2D eigenvalue weighted by Gasteiger charge is -2.12. The van der Waals surface area contributed by atoms with Crippen molar-refractivity contribution in [1.82, 2.24) is 15.0 Å². The average molecular weight is 417 g/mol. The van der Waals surface area contributed by atoms with Crippen LogP contribution < -0.4 is 30.0 Å². The van der Waals surface area contributed by atoms with Gasteiger partial charge in [-0.25, -0.2) is 9.97 Å². The Hall–Kier alpha value is -4.27. The zero-order valence-corrected chi connectivity index (χ0v) is 16.9. The van der Waals surface area contributed by atoms with Crippen LogP contribution in [0.2, 0.25) is 0 Å². The monoisotopic (exact) mass is 417 g/mol. The molecule has 156 valence electrons. The van der Waals surface area contributed by atoms with E-state index in [1.807, 2.05) is 48.5 Å². The molecule has 0 saturated heterocycles. The minimum Gasteiger partial charge on any atom is -0.493 e. The van der Waals surface area contributed by atoms with Gasteiger partial charge in [-0.3, -0.25) is 0 Å². The summed E-state index contributed by atoms with van der Waals surface area (Å²) in [6.45, 7) is 0.207. The van der Waals surface area contributed by atoms with Gasteiger partial charge in [0.25, 0.3) is 0 Å². The van der Waals surface area contributed by atoms with Gasteiger partial charge in [-0.15, -0.1) is 0 Å². The van der Waals surface area contributed by atoms with E-state index >= 15 is 0 Å². The maximum atomic E-state index is 5.92. The van der Waals surface area contributed by atoms with Crippen molar-refractivity contribution in [2.45, 2.75) is 0 Å². The molecule has 1 aliphatic rings. The number of hydrogen-bond donors (Lipinski definition) is 2. The van der Waals surface area contributed by atoms with E-state index < -0.39 is 0 Å². The summed E-state index contributed by atoms with van der Waals surface area (Å²) in [7, 11) is 3.20. The van der Waals surface area contributed by atoms with Crippen LogP contribution >= 0.6 is 0 Å². The number of nitrogens with zero attached hydrogens (tertiary/aromatic N) is 3. The van der Waals surface area contributed by atoms with Crippen molar-refractivity contribution in [3.05, 3.63) is 48.5 Å². The molecule has 9 nitrogen and oxygen atoms in total. The third kappa shape index (κ3) is 3.46. The van der Waals surface area contributed by atoms with Crippen LogP contribution in [-0.4, -0.2) is 36.0 Å². The van der Waals surface area contributed by atoms with Crippen LogP contribution in [0.3, 0.4) is 0 Å². The lowest BCUT2D eigenvalue weighted by molar-refractivity contribution is 0.174. The number of nitrogens with two attached hydrogens (primary N) is 1. The highest BCUT2D eigenvalue weighted by Crippen LogP contribution is 2.36. The molecule has 0 saturated carbocycles. The Labute approximate surface area is 177 Å². The van der Waals surface area contributed by atoms with Crippen LogP contribution in [0, 0.1) is 0 Å². The molecule has 0 bridgehead atoms. The second kappa shape index (κ2) is 7.52. The van der Waals surface area contributed by atoms with Gasteiger partial charge < -0.3 is 30.0 Å². The van der Waals surface area contributed by atoms with Gasteiger partial charge in [0.2, 0.25) is 12.7 Å². The zero-order valence-electron chi connectivity index (χ0n) is 16.9. The van der Waals surface area contributed by atoms with Gasteiger partial charge in [0, 0.05) is 17.3 Å². The topological polar surface area (TPSA) is 114 Å². The number of hydrogen-bond acceptors (Lipinski definition) is 9. The number of anilines is 3. The number of benzene rings is 2. The van der Waals surface area contributed by atoms with Crippen LogP contribution in [0.5, 0.6) is 23.0 Å². The maximum Gasteiger partial charge on any atom is 0.231 e. The predicted octanol–water partition coefficient (Wildman–Crippen LogP) is 3.76. The number of pyridine rings is 1. The Morgan fingerprint density at radius 1 is 0.871 bits per heavy atom. The summed E-state index contributed by atoms with van der Waals surface area (Å²) in [6.07, 6.45) is 0. The molecular formula is C22H19N5O4. The highest BCUT2D eigenvalue weighted by Gasteiger charge is 2.16. The Bertz CT molecular complexity index is 1290. The molecule has 3 heterocycles. The van der Waals surface area contributed by atoms with Gasteiger partial charge in [-0.1, -0.05) is 0 Å². The summed E-state index contributed by atoms with van der Waals surface area (Å²) in [6, 6.07) is 14.9. The van der Waals surface area contributed by atoms with E-state index in [0.29, 0.717) is 39.8 Å². The Morgan fingerprint density at radius 2 is 1.71 bits per heavy atom. The summed E-state index contributed by atoms with van der Waals surface area (Å²) >= 11 is 0. The Morgan fingerprint density at radius 3 is 2.55 bits per heavy atom. The molecule has 0 atom stereocenters. The van der Waals surface area contributed by atoms with Gasteiger partial charge in [0.05, 0.1) is 25.4 Å². The first-order chi connectivity index (χ1) is 15.1. The fourth-order valence-corrected chi connectivity index (χ4v) is 3.39. The lowest BCUT2D eigenvalue weighted by Crippen LogP contribution is -2.03. The molecule has 0 aliphatic carbocycles. The van der Waals surface area contributed by atoms with E-state index in [1.165, 1.54) is 0 Å². The predicted molar refractivity (Wildman–Crippen MR) is 116 cm³/mol. The molecule has 0 fully saturated rings. The summed E-state index contributed by atoms with van der Waals surface area (Å²) in [5.41, 5.74) is 9.49. The van der Waals surface area contributed by atoms with Gasteiger partial charge in [0.1, 0.15) is 5.52 Å². The second-order valence-electron chi connectivity index (χ2n) is 6.76. The van der Waals surface area contributed by atoms with Crippen LogP contribution in [0.25, 0.3) is 22.3 Å². The third-order valence-electron chi connectivity index (χ3n) is 4.87. The van der Waals surface area contributed by atoms with Crippen LogP contribution in [0.1, 0.15) is 0 Å². The summed E-state index contributed by atoms with van der Waals surface area (Å²) in [5, 5.41) is 3.26. The Kier molecular flexibility index (Phi) is 4.55. The number of fused-ring (bicyclic) bond motifs is 2. The van der Waals surface area contributed by atoms with Crippen molar-refractivity contribution in [1.29, 1.82) is 0 Å². The molecule has 0 amide bonds. The number of nitrogen functional groups attached to an aromatic ring is 1. The molecule has 5 rings (SSSR count). The molecule has 0 unspecified atom stereocenters. The average Bonchev–Trinajstić information content (AvgIpc) is 3.26. The SMILES string of the molecule is COc1ccc(-c2ccc3nc(N)nc(Nc4ccc5c(c4)OCO5)c3n2)cc1OC. The molecule has 4 aromatic rings. The van der Waals surface area contributed by atoms with Crippen molar-refractivity contribution in [2.24, 2.45) is 0 Å². The molecule has 0 spiro atoms. The van der Waals surface area contributed by atoms with Crippen molar-refractivity contribution in [2.75, 3.05) is 32.1 Å². The normalized spacial score (nSPS) is 12.1. The van der Waals surface area contributed by atoms with Crippen molar-refractivity contribution in [3.8, 4) is 34.3 Å². The van der Waals surface area contributed by atoms with Crippen molar-refractivity contribution in [3.63, 3.8) is 0 Å². The minimum absolute atomic E-state index is 0.149. The fraction of sp³-hybridized carbons (Fsp3) is 0.136. The largest absolute Gasteiger partial charge is 0.493 e. The lowest BCUT2D eigenvalue weighted by atomic mass is 10.1. The zero-order chi connectivity index (χ0) is 21.4. The molecule has 31 heavy (non-hydrogen) atoms. The standard InChI is InChI=1S/C22H19N5O4/c1-28-16-7-3-12(9-18(16)29-2)14-5-6-15-20(25-14)21(27-22(23)26-15)24-13-4-8-17-19(10-13)31-11-30-17/h3-10H,11H2,1-2H3,(H3,23,24,26,27). The molecule has 2 aromatic heterocycles. The van der Waals surface area contributed by atoms with E-state index in [0.717, 1.165) is 16.9 Å². The highest BCUT2D eigenvalue weighted by molar-refractivity contribution is 5.90. The van der Waals surface area contributed by atoms with Gasteiger partial charge in [-0.05, 0) is 42.5 Å². The fourth-order valence-electron chi connectivity index (χ4n) is 3.39. The third-order valence-corrected chi connectivity index (χ3v) is 4.87. The van der Waals surface area contributed by atoms with Gasteiger partial charge in [0.15, 0.2) is 28.8 Å². The van der Waals surface area contributed by atoms with Crippen LogP contribution in [0.4, 0.5) is 17.5 Å². The molecular weight excluding hydrogens is 398 g/mol. The first kappa shape index (κ1) is 18.7. The van der Waals surface area contributed by atoms with Crippen LogP contribution in [-0.2, 0) is 0 Å². The first-order valence-electron chi connectivity index (χ1n) is 9.48. The van der Waals surface area contributed by atoms with E-state index in [1.54, 1.807) is 14.2 Å². The number of rotatable bonds is 5. The van der Waals surface area contributed by atoms with E-state index in [-0.39, 0.29) is 12.7 Å². The summed E-state index contributed by atoms with van der Waals surface area (Å²) in [5.74, 6) is 3.27. The summed E-state index contributed by atoms with van der Waals surface area (Å²) < 4.78 is 21.5. The van der Waals surface area contributed by atoms with Gasteiger partial charge >= 0.3 is 0 Å². The van der Waals surface area contributed by atoms with Crippen LogP contribution in [0.15, 0.2) is 48.5 Å². The maximum absolute atomic E-state index is 5.92. The molecule has 2 aromatic carbocycles. The number of aromatic nitrogens is 3. The van der Waals surface area contributed by atoms with E-state index in [4.69, 9.17) is 29.7 Å². The second-order valence-corrected chi connectivity index (χ2v) is 6.76. The Balaban J connectivity index is 1.57. The molecule has 9 heteroatoms. The van der Waals surface area contributed by atoms with E-state index in [2.05, 4.69) is 15.3 Å². The first-order valence-corrected chi connectivity index (χ1v) is 9.48. The quantitative estimate of drug-likeness (QED) is 0.501. The number of ether oxygens (including phenoxy) is 4. The molecule has 3 N–H and O–H groups in total. The highest BCUT2D eigenvalue weighted by atomic mass is 16.7. The van der Waals surface area contributed by atoms with E-state index in [9.17, 15) is 0 Å². The smallest absolute Gasteiger partial charge is 0.231 e. The molecule has 1 aliphatic heterocycles. The summed E-state index contributed by atoms with van der Waals surface area (Å²) in [4.78, 5) is 13.5. The van der Waals surface area contributed by atoms with Crippen molar-refractivity contribution < 1.29 is 18.9 Å².